The monoisotopic (exact) mass is 312 g/mol. The molecule has 118 valence electrons. The smallest absolute Gasteiger partial charge is 0.351 e. The zero-order valence-electron chi connectivity index (χ0n) is 11.8. The second-order valence-electron chi connectivity index (χ2n) is 4.82. The van der Waals surface area contributed by atoms with Crippen LogP contribution in [0, 0.1) is 0 Å². The fourth-order valence-corrected chi connectivity index (χ4v) is 1.74. The molecule has 1 amide bonds. The molecule has 1 atom stereocenters. The van der Waals surface area contributed by atoms with E-state index in [9.17, 15) is 18.0 Å². The number of benzene rings is 1. The number of hydrogen-bond donors (Lipinski definition) is 2. The zero-order chi connectivity index (χ0) is 16.3. The summed E-state index contributed by atoms with van der Waals surface area (Å²) in [6.07, 6.45) is -3.22. The number of alkyl halides is 3. The molecular formula is C14H15F3N4O. The Balaban J connectivity index is 2.06. The van der Waals surface area contributed by atoms with E-state index in [1.54, 1.807) is 31.2 Å². The number of carbonyl (C=O) groups is 1. The average Bonchev–Trinajstić information content (AvgIpc) is 2.95. The molecule has 0 aliphatic heterocycles. The normalized spacial score (nSPS) is 13.0. The minimum atomic E-state index is -4.46. The first-order chi connectivity index (χ1) is 10.3. The molecule has 0 saturated carbocycles. The van der Waals surface area contributed by atoms with Crippen molar-refractivity contribution in [3.8, 4) is 5.69 Å². The SMILES string of the molecule is C[C@@H](N)C(=O)NCc1ccc(-n2ccc(C(F)(F)F)n2)cc1. The zero-order valence-corrected chi connectivity index (χ0v) is 11.8. The van der Waals surface area contributed by atoms with Crippen molar-refractivity contribution in [3.05, 3.63) is 47.8 Å². The molecule has 1 aromatic carbocycles. The van der Waals surface area contributed by atoms with Gasteiger partial charge in [0.1, 0.15) is 0 Å². The highest BCUT2D eigenvalue weighted by Gasteiger charge is 2.33. The van der Waals surface area contributed by atoms with Crippen LogP contribution in [0.25, 0.3) is 5.69 Å². The molecule has 1 heterocycles. The van der Waals surface area contributed by atoms with Crippen molar-refractivity contribution in [2.24, 2.45) is 5.73 Å². The molecule has 0 saturated heterocycles. The number of nitrogens with two attached hydrogens (primary N) is 1. The van der Waals surface area contributed by atoms with E-state index < -0.39 is 17.9 Å². The Bertz CT molecular complexity index is 647. The maximum Gasteiger partial charge on any atom is 0.435 e. The molecule has 0 aliphatic carbocycles. The Labute approximate surface area is 124 Å². The van der Waals surface area contributed by atoms with Crippen molar-refractivity contribution in [3.63, 3.8) is 0 Å². The Kier molecular flexibility index (Phi) is 4.51. The first-order valence-electron chi connectivity index (χ1n) is 6.53. The van der Waals surface area contributed by atoms with Gasteiger partial charge in [0.2, 0.25) is 5.91 Å². The summed E-state index contributed by atoms with van der Waals surface area (Å²) in [4.78, 5) is 11.3. The molecule has 2 rings (SSSR count). The molecule has 0 radical (unpaired) electrons. The van der Waals surface area contributed by atoms with Crippen LogP contribution in [-0.4, -0.2) is 21.7 Å². The maximum absolute atomic E-state index is 12.5. The molecule has 3 N–H and O–H groups in total. The van der Waals surface area contributed by atoms with Crippen LogP contribution >= 0.6 is 0 Å². The van der Waals surface area contributed by atoms with Gasteiger partial charge >= 0.3 is 6.18 Å². The van der Waals surface area contributed by atoms with Gasteiger partial charge in [-0.05, 0) is 30.7 Å². The van der Waals surface area contributed by atoms with Crippen LogP contribution < -0.4 is 11.1 Å². The van der Waals surface area contributed by atoms with Crippen LogP contribution in [0.1, 0.15) is 18.2 Å². The Morgan fingerprint density at radius 1 is 1.32 bits per heavy atom. The Hall–Kier alpha value is -2.35. The standard InChI is InChI=1S/C14H15F3N4O/c1-9(18)13(22)19-8-10-2-4-11(5-3-10)21-7-6-12(20-21)14(15,16)17/h2-7,9H,8,18H2,1H3,(H,19,22)/t9-/m1/s1. The maximum atomic E-state index is 12.5. The number of nitrogens with zero attached hydrogens (tertiary/aromatic N) is 2. The predicted molar refractivity (Wildman–Crippen MR) is 74.1 cm³/mol. The first kappa shape index (κ1) is 16.0. The predicted octanol–water partition coefficient (Wildman–Crippen LogP) is 1.85. The van der Waals surface area contributed by atoms with E-state index in [4.69, 9.17) is 5.73 Å². The summed E-state index contributed by atoms with van der Waals surface area (Å²) < 4.78 is 38.6. The summed E-state index contributed by atoms with van der Waals surface area (Å²) in [5.74, 6) is -0.272. The van der Waals surface area contributed by atoms with E-state index in [0.29, 0.717) is 12.2 Å². The molecule has 0 spiro atoms. The van der Waals surface area contributed by atoms with E-state index in [2.05, 4.69) is 10.4 Å². The summed E-state index contributed by atoms with van der Waals surface area (Å²) in [6.45, 7) is 1.88. The van der Waals surface area contributed by atoms with Crippen LogP contribution in [-0.2, 0) is 17.5 Å². The van der Waals surface area contributed by atoms with Crippen molar-refractivity contribution in [1.29, 1.82) is 0 Å². The van der Waals surface area contributed by atoms with Gasteiger partial charge in [-0.3, -0.25) is 4.79 Å². The molecule has 0 unspecified atom stereocenters. The minimum Gasteiger partial charge on any atom is -0.351 e. The fraction of sp³-hybridized carbons (Fsp3) is 0.286. The van der Waals surface area contributed by atoms with Crippen molar-refractivity contribution in [2.45, 2.75) is 25.7 Å². The van der Waals surface area contributed by atoms with Crippen molar-refractivity contribution < 1.29 is 18.0 Å². The van der Waals surface area contributed by atoms with Crippen LogP contribution in [0.5, 0.6) is 0 Å². The second-order valence-corrected chi connectivity index (χ2v) is 4.82. The number of hydrogen-bond acceptors (Lipinski definition) is 3. The van der Waals surface area contributed by atoms with Crippen molar-refractivity contribution >= 4 is 5.91 Å². The topological polar surface area (TPSA) is 72.9 Å². The molecular weight excluding hydrogens is 297 g/mol. The second kappa shape index (κ2) is 6.18. The van der Waals surface area contributed by atoms with Gasteiger partial charge < -0.3 is 11.1 Å². The number of rotatable bonds is 4. The quantitative estimate of drug-likeness (QED) is 0.905. The number of aromatic nitrogens is 2. The molecule has 8 heteroatoms. The summed E-state index contributed by atoms with van der Waals surface area (Å²) in [5.41, 5.74) is 5.78. The average molecular weight is 312 g/mol. The van der Waals surface area contributed by atoms with Gasteiger partial charge in [-0.2, -0.15) is 18.3 Å². The molecule has 5 nitrogen and oxygen atoms in total. The van der Waals surface area contributed by atoms with Gasteiger partial charge in [-0.1, -0.05) is 12.1 Å². The van der Waals surface area contributed by atoms with Gasteiger partial charge in [0.05, 0.1) is 11.7 Å². The molecule has 2 aromatic rings. The van der Waals surface area contributed by atoms with Crippen molar-refractivity contribution in [1.82, 2.24) is 15.1 Å². The molecule has 0 fully saturated rings. The van der Waals surface area contributed by atoms with Crippen LogP contribution in [0.4, 0.5) is 13.2 Å². The van der Waals surface area contributed by atoms with Crippen LogP contribution in [0.2, 0.25) is 0 Å². The summed E-state index contributed by atoms with van der Waals surface area (Å²) in [6, 6.07) is 6.97. The van der Waals surface area contributed by atoms with E-state index in [-0.39, 0.29) is 5.91 Å². The molecule has 22 heavy (non-hydrogen) atoms. The Morgan fingerprint density at radius 3 is 2.45 bits per heavy atom. The van der Waals surface area contributed by atoms with E-state index in [1.807, 2.05) is 0 Å². The van der Waals surface area contributed by atoms with Gasteiger partial charge in [-0.25, -0.2) is 4.68 Å². The Morgan fingerprint density at radius 2 is 1.95 bits per heavy atom. The molecule has 0 bridgehead atoms. The van der Waals surface area contributed by atoms with Crippen molar-refractivity contribution in [2.75, 3.05) is 0 Å². The van der Waals surface area contributed by atoms with E-state index in [0.717, 1.165) is 16.3 Å². The lowest BCUT2D eigenvalue weighted by atomic mass is 10.2. The number of amides is 1. The summed E-state index contributed by atoms with van der Waals surface area (Å²) in [7, 11) is 0. The van der Waals surface area contributed by atoms with Crippen LogP contribution in [0.15, 0.2) is 36.5 Å². The lowest BCUT2D eigenvalue weighted by Crippen LogP contribution is -2.37. The van der Waals surface area contributed by atoms with E-state index in [1.165, 1.54) is 6.20 Å². The minimum absolute atomic E-state index is 0.272. The number of halogens is 3. The highest BCUT2D eigenvalue weighted by Crippen LogP contribution is 2.27. The number of nitrogens with one attached hydrogen (secondary N) is 1. The first-order valence-corrected chi connectivity index (χ1v) is 6.53. The molecule has 1 aromatic heterocycles. The lowest BCUT2D eigenvalue weighted by molar-refractivity contribution is -0.141. The summed E-state index contributed by atoms with van der Waals surface area (Å²) >= 11 is 0. The van der Waals surface area contributed by atoms with Crippen LogP contribution in [0.3, 0.4) is 0 Å². The van der Waals surface area contributed by atoms with E-state index >= 15 is 0 Å². The molecule has 0 aliphatic rings. The van der Waals surface area contributed by atoms with Gasteiger partial charge in [0.25, 0.3) is 0 Å². The fourth-order valence-electron chi connectivity index (χ4n) is 1.74. The third-order valence-corrected chi connectivity index (χ3v) is 2.96. The largest absolute Gasteiger partial charge is 0.435 e. The highest BCUT2D eigenvalue weighted by atomic mass is 19.4. The third-order valence-electron chi connectivity index (χ3n) is 2.96. The number of carbonyl (C=O) groups excluding carboxylic acids is 1. The third kappa shape index (κ3) is 3.85. The van der Waals surface area contributed by atoms with Gasteiger partial charge in [-0.15, -0.1) is 0 Å². The van der Waals surface area contributed by atoms with Gasteiger partial charge in [0, 0.05) is 12.7 Å². The lowest BCUT2D eigenvalue weighted by Gasteiger charge is -2.08. The van der Waals surface area contributed by atoms with Gasteiger partial charge in [0.15, 0.2) is 5.69 Å². The highest BCUT2D eigenvalue weighted by molar-refractivity contribution is 5.80. The summed E-state index contributed by atoms with van der Waals surface area (Å²) in [5, 5.41) is 6.13.